The second-order valence-electron chi connectivity index (χ2n) is 7.09. The third-order valence-electron chi connectivity index (χ3n) is 5.63. The first-order valence-electron chi connectivity index (χ1n) is 9.20. The molecule has 0 aromatic heterocycles. The van der Waals surface area contributed by atoms with Crippen molar-refractivity contribution in [1.29, 1.82) is 0 Å². The highest BCUT2D eigenvalue weighted by Gasteiger charge is 2.64. The van der Waals surface area contributed by atoms with Crippen LogP contribution in [0.5, 0.6) is 0 Å². The number of carbonyl (C=O) groups is 3. The van der Waals surface area contributed by atoms with E-state index in [0.717, 1.165) is 0 Å². The smallest absolute Gasteiger partial charge is 0.240 e. The molecule has 3 aliphatic heterocycles. The fourth-order valence-corrected chi connectivity index (χ4v) is 4.44. The average Bonchev–Trinajstić information content (AvgIpc) is 3.22. The summed E-state index contributed by atoms with van der Waals surface area (Å²) in [6.07, 6.45) is 5.20. The van der Waals surface area contributed by atoms with Gasteiger partial charge in [-0.15, -0.1) is 0 Å². The summed E-state index contributed by atoms with van der Waals surface area (Å²) >= 11 is 0. The predicted molar refractivity (Wildman–Crippen MR) is 104 cm³/mol. The zero-order valence-corrected chi connectivity index (χ0v) is 14.9. The Morgan fingerprint density at radius 3 is 2.21 bits per heavy atom. The number of hydrogen-bond donors (Lipinski definition) is 0. The van der Waals surface area contributed by atoms with Crippen molar-refractivity contribution in [2.45, 2.75) is 12.1 Å². The van der Waals surface area contributed by atoms with Gasteiger partial charge in [0.1, 0.15) is 6.04 Å². The molecule has 0 spiro atoms. The Bertz CT molecular complexity index is 1020. The Labute approximate surface area is 161 Å². The Balaban J connectivity index is 1.60. The number of ketones is 1. The summed E-state index contributed by atoms with van der Waals surface area (Å²) < 4.78 is 0. The molecule has 4 unspecified atom stereocenters. The number of amides is 2. The number of imide groups is 1. The SMILES string of the molecule is O=C(c1ccccc1)C1C2C(=O)N(c3ccccc3)C(=O)C2C2C=CC=NN21. The number of rotatable bonds is 3. The first kappa shape index (κ1) is 16.6. The van der Waals surface area contributed by atoms with Gasteiger partial charge in [0.05, 0.1) is 23.6 Å². The average molecular weight is 371 g/mol. The minimum Gasteiger partial charge on any atom is -0.292 e. The second kappa shape index (κ2) is 6.27. The monoisotopic (exact) mass is 371 g/mol. The lowest BCUT2D eigenvalue weighted by Crippen LogP contribution is -2.46. The summed E-state index contributed by atoms with van der Waals surface area (Å²) in [7, 11) is 0. The van der Waals surface area contributed by atoms with E-state index < -0.39 is 23.9 Å². The first-order chi connectivity index (χ1) is 13.7. The van der Waals surface area contributed by atoms with Gasteiger partial charge < -0.3 is 0 Å². The van der Waals surface area contributed by atoms with Crippen LogP contribution in [0.15, 0.2) is 77.9 Å². The Morgan fingerprint density at radius 2 is 1.50 bits per heavy atom. The molecule has 2 aromatic rings. The van der Waals surface area contributed by atoms with Gasteiger partial charge >= 0.3 is 0 Å². The maximum Gasteiger partial charge on any atom is 0.240 e. The molecule has 0 bridgehead atoms. The standard InChI is InChI=1S/C22H17N3O3/c26-20(14-8-3-1-4-9-14)19-18-17(16-12-7-13-23-25(16)19)21(27)24(22(18)28)15-10-5-2-6-11-15/h1-13,16-19H. The van der Waals surface area contributed by atoms with Crippen LogP contribution in [0.4, 0.5) is 5.69 Å². The van der Waals surface area contributed by atoms with Crippen molar-refractivity contribution < 1.29 is 14.4 Å². The van der Waals surface area contributed by atoms with E-state index in [-0.39, 0.29) is 17.6 Å². The van der Waals surface area contributed by atoms with Crippen LogP contribution >= 0.6 is 0 Å². The normalized spacial score (nSPS) is 27.9. The van der Waals surface area contributed by atoms with E-state index in [2.05, 4.69) is 5.10 Å². The summed E-state index contributed by atoms with van der Waals surface area (Å²) in [5.41, 5.74) is 1.04. The second-order valence-corrected chi connectivity index (χ2v) is 7.09. The van der Waals surface area contributed by atoms with Crippen LogP contribution in [0.2, 0.25) is 0 Å². The van der Waals surface area contributed by atoms with Crippen LogP contribution < -0.4 is 4.90 Å². The number of hydrogen-bond acceptors (Lipinski definition) is 5. The van der Waals surface area contributed by atoms with E-state index in [1.165, 1.54) is 4.90 Å². The Kier molecular flexibility index (Phi) is 3.72. The topological polar surface area (TPSA) is 70.0 Å². The summed E-state index contributed by atoms with van der Waals surface area (Å²) in [6.45, 7) is 0. The number of carbonyl (C=O) groups excluding carboxylic acids is 3. The van der Waals surface area contributed by atoms with Gasteiger partial charge in [0.15, 0.2) is 5.78 Å². The lowest BCUT2D eigenvalue weighted by molar-refractivity contribution is -0.123. The summed E-state index contributed by atoms with van der Waals surface area (Å²) in [6, 6.07) is 16.5. The summed E-state index contributed by atoms with van der Waals surface area (Å²) in [5.74, 6) is -2.19. The minimum absolute atomic E-state index is 0.193. The number of para-hydroxylation sites is 1. The van der Waals surface area contributed by atoms with Gasteiger partial charge in [-0.05, 0) is 18.2 Å². The fourth-order valence-electron chi connectivity index (χ4n) is 4.44. The van der Waals surface area contributed by atoms with Gasteiger partial charge in [-0.2, -0.15) is 5.10 Å². The maximum atomic E-state index is 13.3. The fraction of sp³-hybridized carbons (Fsp3) is 0.182. The minimum atomic E-state index is -0.802. The molecule has 0 aliphatic carbocycles. The molecule has 6 heteroatoms. The molecule has 2 fully saturated rings. The van der Waals surface area contributed by atoms with Crippen molar-refractivity contribution in [3.63, 3.8) is 0 Å². The van der Waals surface area contributed by atoms with Crippen LogP contribution in [0.3, 0.4) is 0 Å². The van der Waals surface area contributed by atoms with Crippen LogP contribution in [0.25, 0.3) is 0 Å². The van der Waals surface area contributed by atoms with E-state index in [1.807, 2.05) is 18.2 Å². The van der Waals surface area contributed by atoms with E-state index in [1.54, 1.807) is 65.8 Å². The molecule has 3 heterocycles. The quantitative estimate of drug-likeness (QED) is 0.613. The number of benzene rings is 2. The lowest BCUT2D eigenvalue weighted by Gasteiger charge is -2.30. The number of allylic oxidation sites excluding steroid dienone is 1. The zero-order chi connectivity index (χ0) is 19.3. The molecule has 28 heavy (non-hydrogen) atoms. The molecule has 6 nitrogen and oxygen atoms in total. The van der Waals surface area contributed by atoms with Crippen LogP contribution in [-0.2, 0) is 9.59 Å². The predicted octanol–water partition coefficient (Wildman–Crippen LogP) is 2.28. The number of fused-ring (bicyclic) bond motifs is 3. The van der Waals surface area contributed by atoms with Crippen molar-refractivity contribution in [1.82, 2.24) is 5.01 Å². The molecular weight excluding hydrogens is 354 g/mol. The number of hydrazone groups is 1. The van der Waals surface area contributed by atoms with Gasteiger partial charge in [-0.1, -0.05) is 54.6 Å². The van der Waals surface area contributed by atoms with Crippen molar-refractivity contribution in [2.75, 3.05) is 4.90 Å². The van der Waals surface area contributed by atoms with Gasteiger partial charge in [-0.25, -0.2) is 4.90 Å². The number of anilines is 1. The summed E-state index contributed by atoms with van der Waals surface area (Å²) in [5, 5.41) is 5.97. The van der Waals surface area contributed by atoms with Crippen LogP contribution in [0.1, 0.15) is 10.4 Å². The molecule has 2 amide bonds. The molecule has 0 N–H and O–H groups in total. The highest BCUT2D eigenvalue weighted by Crippen LogP contribution is 2.46. The molecule has 2 aromatic carbocycles. The third kappa shape index (κ3) is 2.27. The van der Waals surface area contributed by atoms with E-state index in [0.29, 0.717) is 11.3 Å². The third-order valence-corrected chi connectivity index (χ3v) is 5.63. The molecular formula is C22H17N3O3. The van der Waals surface area contributed by atoms with Crippen LogP contribution in [-0.4, -0.2) is 40.9 Å². The van der Waals surface area contributed by atoms with Crippen LogP contribution in [0, 0.1) is 11.8 Å². The van der Waals surface area contributed by atoms with Crippen molar-refractivity contribution in [2.24, 2.45) is 16.9 Å². The van der Waals surface area contributed by atoms with Gasteiger partial charge in [0, 0.05) is 11.8 Å². The molecule has 0 saturated carbocycles. The molecule has 0 radical (unpaired) electrons. The van der Waals surface area contributed by atoms with E-state index in [4.69, 9.17) is 0 Å². The molecule has 4 atom stereocenters. The Hall–Kier alpha value is -3.54. The van der Waals surface area contributed by atoms with Gasteiger partial charge in [-0.3, -0.25) is 19.4 Å². The number of Topliss-reactive ketones (excluding diaryl/α,β-unsaturated/α-hetero) is 1. The zero-order valence-electron chi connectivity index (χ0n) is 14.9. The van der Waals surface area contributed by atoms with Crippen molar-refractivity contribution in [3.05, 3.63) is 78.4 Å². The highest BCUT2D eigenvalue weighted by atomic mass is 16.2. The lowest BCUT2D eigenvalue weighted by atomic mass is 9.86. The van der Waals surface area contributed by atoms with Gasteiger partial charge in [0.2, 0.25) is 11.8 Å². The Morgan fingerprint density at radius 1 is 0.857 bits per heavy atom. The first-order valence-corrected chi connectivity index (χ1v) is 9.20. The molecule has 2 saturated heterocycles. The van der Waals surface area contributed by atoms with Crippen molar-refractivity contribution in [3.8, 4) is 0 Å². The maximum absolute atomic E-state index is 13.3. The molecule has 138 valence electrons. The summed E-state index contributed by atoms with van der Waals surface area (Å²) in [4.78, 5) is 41.1. The molecule has 3 aliphatic rings. The molecule has 5 rings (SSSR count). The van der Waals surface area contributed by atoms with E-state index in [9.17, 15) is 14.4 Å². The highest BCUT2D eigenvalue weighted by molar-refractivity contribution is 6.24. The van der Waals surface area contributed by atoms with Crippen molar-refractivity contribution >= 4 is 29.5 Å². The van der Waals surface area contributed by atoms with Gasteiger partial charge in [0.25, 0.3) is 0 Å². The largest absolute Gasteiger partial charge is 0.292 e. The van der Waals surface area contributed by atoms with E-state index >= 15 is 0 Å². The number of nitrogens with zero attached hydrogens (tertiary/aromatic N) is 3.